The van der Waals surface area contributed by atoms with Gasteiger partial charge in [-0.05, 0) is 49.4 Å². The van der Waals surface area contributed by atoms with E-state index in [0.717, 1.165) is 17.0 Å². The molecule has 0 saturated carbocycles. The van der Waals surface area contributed by atoms with Gasteiger partial charge in [-0.15, -0.1) is 0 Å². The maximum absolute atomic E-state index is 12.8. The first-order chi connectivity index (χ1) is 12.4. The molecule has 4 aromatic rings. The molecule has 4 rings (SSSR count). The Morgan fingerprint density at radius 3 is 2.58 bits per heavy atom. The topological polar surface area (TPSA) is 72.0 Å². The Morgan fingerprint density at radius 2 is 1.88 bits per heavy atom. The number of aromatic amines is 1. The van der Waals surface area contributed by atoms with Crippen LogP contribution in [-0.4, -0.2) is 10.8 Å². The van der Waals surface area contributed by atoms with Crippen molar-refractivity contribution in [1.29, 1.82) is 0 Å². The highest BCUT2D eigenvalue weighted by molar-refractivity contribution is 6.37. The van der Waals surface area contributed by atoms with Crippen molar-refractivity contribution in [2.75, 3.05) is 5.73 Å². The Hall–Kier alpha value is -2.69. The number of rotatable bonds is 3. The molecule has 130 valence electrons. The Balaban J connectivity index is 1.81. The molecule has 0 atom stereocenters. The lowest BCUT2D eigenvalue weighted by Gasteiger charge is -2.02. The molecule has 4 nitrogen and oxygen atoms in total. The van der Waals surface area contributed by atoms with E-state index in [1.54, 1.807) is 12.1 Å². The first kappa shape index (κ1) is 16.8. The van der Waals surface area contributed by atoms with Crippen LogP contribution in [0.15, 0.2) is 52.9 Å². The van der Waals surface area contributed by atoms with Gasteiger partial charge in [0, 0.05) is 32.9 Å². The summed E-state index contributed by atoms with van der Waals surface area (Å²) in [6, 6.07) is 14.3. The molecule has 2 heterocycles. The number of nitrogens with two attached hydrogens (primary N) is 1. The van der Waals surface area contributed by atoms with Crippen molar-refractivity contribution in [2.24, 2.45) is 0 Å². The molecule has 0 spiro atoms. The molecule has 0 amide bonds. The van der Waals surface area contributed by atoms with Gasteiger partial charge < -0.3 is 15.1 Å². The van der Waals surface area contributed by atoms with Gasteiger partial charge in [-0.3, -0.25) is 4.79 Å². The van der Waals surface area contributed by atoms with Crippen LogP contribution in [-0.2, 0) is 0 Å². The monoisotopic (exact) mass is 384 g/mol. The van der Waals surface area contributed by atoms with Crippen molar-refractivity contribution in [3.63, 3.8) is 0 Å². The molecule has 6 heteroatoms. The summed E-state index contributed by atoms with van der Waals surface area (Å²) < 4.78 is 5.79. The van der Waals surface area contributed by atoms with Crippen molar-refractivity contribution >= 4 is 45.6 Å². The summed E-state index contributed by atoms with van der Waals surface area (Å²) in [5.74, 6) is -0.304. The van der Waals surface area contributed by atoms with Crippen LogP contribution in [0.25, 0.3) is 22.2 Å². The van der Waals surface area contributed by atoms with Gasteiger partial charge in [-0.2, -0.15) is 0 Å². The number of hydrogen-bond acceptors (Lipinski definition) is 3. The van der Waals surface area contributed by atoms with Gasteiger partial charge in [0.15, 0.2) is 5.76 Å². The van der Waals surface area contributed by atoms with Gasteiger partial charge >= 0.3 is 0 Å². The van der Waals surface area contributed by atoms with Gasteiger partial charge in [0.1, 0.15) is 5.58 Å². The highest BCUT2D eigenvalue weighted by atomic mass is 35.5. The number of halogens is 2. The molecule has 3 N–H and O–H groups in total. The number of aromatic nitrogens is 1. The van der Waals surface area contributed by atoms with E-state index >= 15 is 0 Å². The fraction of sp³-hybridized carbons (Fsp3) is 0.0500. The lowest BCUT2D eigenvalue weighted by atomic mass is 10.1. The lowest BCUT2D eigenvalue weighted by molar-refractivity contribution is 0.101. The molecule has 0 unspecified atom stereocenters. The van der Waals surface area contributed by atoms with Crippen LogP contribution in [0.1, 0.15) is 21.8 Å². The second kappa shape index (κ2) is 6.24. The standard InChI is InChI=1S/C20H14Cl2N2O2/c1-10-2-7-16(24-10)11-3-5-14-17(8-11)26-20(18(14)23)19(25)13-6-4-12(21)9-15(13)22/h2-9,24H,23H2,1H3. The van der Waals surface area contributed by atoms with Crippen LogP contribution in [0.4, 0.5) is 5.69 Å². The van der Waals surface area contributed by atoms with Gasteiger partial charge in [0.25, 0.3) is 0 Å². The van der Waals surface area contributed by atoms with Crippen LogP contribution < -0.4 is 5.73 Å². The van der Waals surface area contributed by atoms with Gasteiger partial charge in [0.2, 0.25) is 5.78 Å². The molecule has 0 aliphatic carbocycles. The number of aryl methyl sites for hydroxylation is 1. The van der Waals surface area contributed by atoms with Crippen LogP contribution in [0.2, 0.25) is 10.0 Å². The number of hydrogen-bond donors (Lipinski definition) is 2. The number of nitrogen functional groups attached to an aromatic ring is 1. The quantitative estimate of drug-likeness (QED) is 0.434. The van der Waals surface area contributed by atoms with Gasteiger partial charge in [-0.25, -0.2) is 0 Å². The van der Waals surface area contributed by atoms with Crippen LogP contribution in [0.3, 0.4) is 0 Å². The van der Waals surface area contributed by atoms with E-state index in [1.165, 1.54) is 6.07 Å². The third kappa shape index (κ3) is 2.77. The van der Waals surface area contributed by atoms with Crippen LogP contribution in [0.5, 0.6) is 0 Å². The predicted octanol–water partition coefficient (Wildman–Crippen LogP) is 5.86. The Labute approximate surface area is 159 Å². The second-order valence-corrected chi connectivity index (χ2v) is 6.91. The van der Waals surface area contributed by atoms with Crippen LogP contribution >= 0.6 is 23.2 Å². The smallest absolute Gasteiger partial charge is 0.231 e. The number of carbonyl (C=O) groups excluding carboxylic acids is 1. The summed E-state index contributed by atoms with van der Waals surface area (Å²) in [5.41, 5.74) is 10.3. The normalized spacial score (nSPS) is 11.2. The Kier molecular flexibility index (Phi) is 4.02. The maximum Gasteiger partial charge on any atom is 0.231 e. The van der Waals surface area contributed by atoms with E-state index < -0.39 is 0 Å². The largest absolute Gasteiger partial charge is 0.450 e. The average Bonchev–Trinajstić information content (AvgIpc) is 3.18. The number of fused-ring (bicyclic) bond motifs is 1. The Morgan fingerprint density at radius 1 is 1.08 bits per heavy atom. The first-order valence-corrected chi connectivity index (χ1v) is 8.67. The average molecular weight is 385 g/mol. The number of H-pyrrole nitrogens is 1. The number of furan rings is 1. The molecule has 2 aromatic heterocycles. The van der Waals surface area contributed by atoms with Gasteiger partial charge in [-0.1, -0.05) is 29.3 Å². The molecule has 26 heavy (non-hydrogen) atoms. The number of anilines is 1. The zero-order valence-electron chi connectivity index (χ0n) is 13.8. The highest BCUT2D eigenvalue weighted by Gasteiger charge is 2.22. The minimum Gasteiger partial charge on any atom is -0.450 e. The third-order valence-corrected chi connectivity index (χ3v) is 4.80. The zero-order chi connectivity index (χ0) is 18.4. The lowest BCUT2D eigenvalue weighted by Crippen LogP contribution is -2.03. The molecule has 0 radical (unpaired) electrons. The first-order valence-electron chi connectivity index (χ1n) is 7.92. The summed E-state index contributed by atoms with van der Waals surface area (Å²) in [7, 11) is 0. The molecule has 0 aliphatic rings. The summed E-state index contributed by atoms with van der Waals surface area (Å²) in [5, 5.41) is 1.39. The Bertz CT molecular complexity index is 1160. The fourth-order valence-corrected chi connectivity index (χ4v) is 3.42. The molecular weight excluding hydrogens is 371 g/mol. The second-order valence-electron chi connectivity index (χ2n) is 6.06. The van der Waals surface area contributed by atoms with E-state index in [1.807, 2.05) is 37.3 Å². The third-order valence-electron chi connectivity index (χ3n) is 4.25. The zero-order valence-corrected chi connectivity index (χ0v) is 15.3. The van der Waals surface area contributed by atoms with Crippen LogP contribution in [0, 0.1) is 6.92 Å². The van der Waals surface area contributed by atoms with Crippen molar-refractivity contribution in [2.45, 2.75) is 6.92 Å². The van der Waals surface area contributed by atoms with Crippen molar-refractivity contribution in [3.05, 3.63) is 75.6 Å². The van der Waals surface area contributed by atoms with Crippen molar-refractivity contribution < 1.29 is 9.21 Å². The van der Waals surface area contributed by atoms with E-state index in [4.69, 9.17) is 33.4 Å². The molecular formula is C20H14Cl2N2O2. The van der Waals surface area contributed by atoms with Crippen molar-refractivity contribution in [1.82, 2.24) is 4.98 Å². The maximum atomic E-state index is 12.8. The molecule has 0 bridgehead atoms. The highest BCUT2D eigenvalue weighted by Crippen LogP contribution is 2.34. The SMILES string of the molecule is Cc1ccc(-c2ccc3c(N)c(C(=O)c4ccc(Cl)cc4Cl)oc3c2)[nH]1. The van der Waals surface area contributed by atoms with Crippen molar-refractivity contribution in [3.8, 4) is 11.3 Å². The van der Waals surface area contributed by atoms with E-state index in [9.17, 15) is 4.79 Å². The fourth-order valence-electron chi connectivity index (χ4n) is 2.92. The summed E-state index contributed by atoms with van der Waals surface area (Å²) in [6.45, 7) is 1.99. The number of carbonyl (C=O) groups is 1. The summed E-state index contributed by atoms with van der Waals surface area (Å²) >= 11 is 12.0. The molecule has 0 saturated heterocycles. The predicted molar refractivity (Wildman–Crippen MR) is 105 cm³/mol. The molecule has 2 aromatic carbocycles. The summed E-state index contributed by atoms with van der Waals surface area (Å²) in [4.78, 5) is 16.1. The minimum absolute atomic E-state index is 0.0732. The number of benzene rings is 2. The van der Waals surface area contributed by atoms with E-state index in [2.05, 4.69) is 4.98 Å². The van der Waals surface area contributed by atoms with E-state index in [-0.39, 0.29) is 16.6 Å². The minimum atomic E-state index is -0.377. The van der Waals surface area contributed by atoms with Gasteiger partial charge in [0.05, 0.1) is 10.7 Å². The summed E-state index contributed by atoms with van der Waals surface area (Å²) in [6.07, 6.45) is 0. The van der Waals surface area contributed by atoms with E-state index in [0.29, 0.717) is 27.2 Å². The molecule has 0 fully saturated rings. The number of nitrogens with one attached hydrogen (secondary N) is 1. The number of ketones is 1. The molecule has 0 aliphatic heterocycles.